The topological polar surface area (TPSA) is 78.3 Å². The van der Waals surface area contributed by atoms with E-state index in [0.29, 0.717) is 22.9 Å². The number of nitrogens with zero attached hydrogens (tertiary/aromatic N) is 1. The standard InChI is InChI=1S/C16H14N2O3/c1-9-6-16(19)21-14-7-11(3-4-12(9)14)20-15-5-10(2)13(17)8-18-15/h3-8H,17H2,1-2H3. The summed E-state index contributed by atoms with van der Waals surface area (Å²) >= 11 is 0. The summed E-state index contributed by atoms with van der Waals surface area (Å²) < 4.78 is 10.9. The van der Waals surface area contributed by atoms with Gasteiger partial charge in [0.1, 0.15) is 11.3 Å². The van der Waals surface area contributed by atoms with E-state index >= 15 is 0 Å². The lowest BCUT2D eigenvalue weighted by atomic mass is 10.1. The van der Waals surface area contributed by atoms with Crippen molar-refractivity contribution in [3.05, 3.63) is 58.1 Å². The van der Waals surface area contributed by atoms with Gasteiger partial charge in [0, 0.05) is 23.6 Å². The van der Waals surface area contributed by atoms with Crippen LogP contribution in [0.3, 0.4) is 0 Å². The maximum absolute atomic E-state index is 11.4. The van der Waals surface area contributed by atoms with Gasteiger partial charge in [0.15, 0.2) is 0 Å². The molecule has 0 bridgehead atoms. The third-order valence-electron chi connectivity index (χ3n) is 3.27. The van der Waals surface area contributed by atoms with Gasteiger partial charge in [-0.2, -0.15) is 0 Å². The molecule has 0 fully saturated rings. The Morgan fingerprint density at radius 3 is 2.71 bits per heavy atom. The Bertz CT molecular complexity index is 884. The highest BCUT2D eigenvalue weighted by Gasteiger charge is 2.06. The molecule has 2 aromatic heterocycles. The number of hydrogen-bond acceptors (Lipinski definition) is 5. The number of benzene rings is 1. The Hall–Kier alpha value is -2.82. The van der Waals surface area contributed by atoms with Crippen molar-refractivity contribution in [3.8, 4) is 11.6 Å². The highest BCUT2D eigenvalue weighted by molar-refractivity contribution is 5.81. The molecule has 2 N–H and O–H groups in total. The summed E-state index contributed by atoms with van der Waals surface area (Å²) in [6.07, 6.45) is 1.55. The molecule has 0 amide bonds. The zero-order valence-corrected chi connectivity index (χ0v) is 11.7. The van der Waals surface area contributed by atoms with Crippen molar-refractivity contribution in [2.24, 2.45) is 0 Å². The fourth-order valence-corrected chi connectivity index (χ4v) is 2.09. The molecule has 0 saturated heterocycles. The number of rotatable bonds is 2. The van der Waals surface area contributed by atoms with Gasteiger partial charge >= 0.3 is 5.63 Å². The molecule has 0 aliphatic carbocycles. The highest BCUT2D eigenvalue weighted by Crippen LogP contribution is 2.26. The molecule has 0 saturated carbocycles. The molecule has 2 heterocycles. The number of ether oxygens (including phenoxy) is 1. The summed E-state index contributed by atoms with van der Waals surface area (Å²) in [5, 5.41) is 0.878. The van der Waals surface area contributed by atoms with E-state index < -0.39 is 0 Å². The molecule has 1 aromatic carbocycles. The van der Waals surface area contributed by atoms with Crippen LogP contribution < -0.4 is 16.1 Å². The van der Waals surface area contributed by atoms with Gasteiger partial charge in [0.2, 0.25) is 5.88 Å². The lowest BCUT2D eigenvalue weighted by Gasteiger charge is -2.07. The summed E-state index contributed by atoms with van der Waals surface area (Å²) in [6.45, 7) is 3.75. The molecule has 5 heteroatoms. The van der Waals surface area contributed by atoms with Gasteiger partial charge in [-0.3, -0.25) is 0 Å². The first kappa shape index (κ1) is 13.2. The zero-order valence-electron chi connectivity index (χ0n) is 11.7. The molecule has 5 nitrogen and oxygen atoms in total. The smallest absolute Gasteiger partial charge is 0.336 e. The first-order chi connectivity index (χ1) is 10.0. The lowest BCUT2D eigenvalue weighted by molar-refractivity contribution is 0.461. The molecular formula is C16H14N2O3. The summed E-state index contributed by atoms with van der Waals surface area (Å²) in [6, 6.07) is 8.56. The van der Waals surface area contributed by atoms with Gasteiger partial charge in [0.25, 0.3) is 0 Å². The van der Waals surface area contributed by atoms with E-state index in [2.05, 4.69) is 4.98 Å². The van der Waals surface area contributed by atoms with Crippen molar-refractivity contribution in [1.82, 2.24) is 4.98 Å². The average molecular weight is 282 g/mol. The maximum Gasteiger partial charge on any atom is 0.336 e. The zero-order chi connectivity index (χ0) is 15.0. The van der Waals surface area contributed by atoms with Crippen molar-refractivity contribution < 1.29 is 9.15 Å². The molecule has 0 spiro atoms. The van der Waals surface area contributed by atoms with Gasteiger partial charge in [-0.15, -0.1) is 0 Å². The number of fused-ring (bicyclic) bond motifs is 1. The monoisotopic (exact) mass is 282 g/mol. The van der Waals surface area contributed by atoms with Crippen LogP contribution in [0, 0.1) is 13.8 Å². The van der Waals surface area contributed by atoms with Crippen molar-refractivity contribution in [2.45, 2.75) is 13.8 Å². The quantitative estimate of drug-likeness (QED) is 0.730. The predicted octanol–water partition coefficient (Wildman–Crippen LogP) is 3.18. The van der Waals surface area contributed by atoms with Crippen molar-refractivity contribution >= 4 is 16.7 Å². The fourth-order valence-electron chi connectivity index (χ4n) is 2.09. The van der Waals surface area contributed by atoms with Crippen molar-refractivity contribution in [2.75, 3.05) is 5.73 Å². The molecule has 3 rings (SSSR count). The second kappa shape index (κ2) is 4.94. The van der Waals surface area contributed by atoms with E-state index in [1.54, 1.807) is 18.3 Å². The van der Waals surface area contributed by atoms with Crippen LogP contribution in [0.4, 0.5) is 5.69 Å². The van der Waals surface area contributed by atoms with Crippen LogP contribution in [0.15, 0.2) is 45.7 Å². The molecule has 0 atom stereocenters. The Morgan fingerprint density at radius 1 is 1.14 bits per heavy atom. The molecule has 0 radical (unpaired) electrons. The Labute approximate surface area is 121 Å². The second-order valence-corrected chi connectivity index (χ2v) is 4.89. The first-order valence-electron chi connectivity index (χ1n) is 6.47. The Balaban J connectivity index is 2.01. The Morgan fingerprint density at radius 2 is 1.95 bits per heavy atom. The molecule has 21 heavy (non-hydrogen) atoms. The largest absolute Gasteiger partial charge is 0.439 e. The van der Waals surface area contributed by atoms with Crippen molar-refractivity contribution in [3.63, 3.8) is 0 Å². The third-order valence-corrected chi connectivity index (χ3v) is 3.27. The van der Waals surface area contributed by atoms with Crippen LogP contribution >= 0.6 is 0 Å². The number of anilines is 1. The second-order valence-electron chi connectivity index (χ2n) is 4.89. The third kappa shape index (κ3) is 2.58. The Kier molecular flexibility index (Phi) is 3.10. The summed E-state index contributed by atoms with van der Waals surface area (Å²) in [5.41, 5.74) is 8.21. The number of aromatic nitrogens is 1. The number of nitrogens with two attached hydrogens (primary N) is 1. The van der Waals surface area contributed by atoms with Crippen LogP contribution in [0.5, 0.6) is 11.6 Å². The summed E-state index contributed by atoms with van der Waals surface area (Å²) in [7, 11) is 0. The van der Waals surface area contributed by atoms with Crippen LogP contribution in [0.25, 0.3) is 11.0 Å². The minimum atomic E-state index is -0.376. The minimum Gasteiger partial charge on any atom is -0.439 e. The van der Waals surface area contributed by atoms with Gasteiger partial charge in [-0.25, -0.2) is 9.78 Å². The van der Waals surface area contributed by atoms with E-state index in [4.69, 9.17) is 14.9 Å². The number of hydrogen-bond donors (Lipinski definition) is 1. The molecular weight excluding hydrogens is 268 g/mol. The van der Waals surface area contributed by atoms with Crippen LogP contribution in [0.2, 0.25) is 0 Å². The van der Waals surface area contributed by atoms with Crippen LogP contribution in [-0.2, 0) is 0 Å². The van der Waals surface area contributed by atoms with Crippen LogP contribution in [-0.4, -0.2) is 4.98 Å². The van der Waals surface area contributed by atoms with E-state index in [0.717, 1.165) is 16.5 Å². The van der Waals surface area contributed by atoms with Crippen molar-refractivity contribution in [1.29, 1.82) is 0 Å². The number of pyridine rings is 1. The fraction of sp³-hybridized carbons (Fsp3) is 0.125. The average Bonchev–Trinajstić information content (AvgIpc) is 2.42. The molecule has 0 aliphatic heterocycles. The van der Waals surface area contributed by atoms with Gasteiger partial charge in [-0.1, -0.05) is 0 Å². The van der Waals surface area contributed by atoms with Gasteiger partial charge in [-0.05, 0) is 37.1 Å². The number of nitrogen functional groups attached to an aromatic ring is 1. The molecule has 0 aliphatic rings. The van der Waals surface area contributed by atoms with Gasteiger partial charge in [0.05, 0.1) is 11.9 Å². The van der Waals surface area contributed by atoms with Gasteiger partial charge < -0.3 is 14.9 Å². The van der Waals surface area contributed by atoms with Crippen LogP contribution in [0.1, 0.15) is 11.1 Å². The molecule has 3 aromatic rings. The molecule has 106 valence electrons. The summed E-state index contributed by atoms with van der Waals surface area (Å²) in [4.78, 5) is 15.5. The highest BCUT2D eigenvalue weighted by atomic mass is 16.5. The van der Waals surface area contributed by atoms with E-state index in [1.165, 1.54) is 6.07 Å². The predicted molar refractivity (Wildman–Crippen MR) is 80.7 cm³/mol. The van der Waals surface area contributed by atoms with E-state index in [9.17, 15) is 4.79 Å². The SMILES string of the molecule is Cc1cc(Oc2ccc3c(C)cc(=O)oc3c2)ncc1N. The minimum absolute atomic E-state index is 0.376. The van der Waals surface area contributed by atoms with E-state index in [-0.39, 0.29) is 5.63 Å². The maximum atomic E-state index is 11.4. The molecule has 0 unspecified atom stereocenters. The van der Waals surface area contributed by atoms with E-state index in [1.807, 2.05) is 26.0 Å². The first-order valence-corrected chi connectivity index (χ1v) is 6.47. The lowest BCUT2D eigenvalue weighted by Crippen LogP contribution is -1.98. The normalized spacial score (nSPS) is 10.8. The summed E-state index contributed by atoms with van der Waals surface area (Å²) in [5.74, 6) is 0.990. The number of aryl methyl sites for hydroxylation is 2.